The molecule has 0 bridgehead atoms. The number of benzene rings is 1. The van der Waals surface area contributed by atoms with Crippen molar-refractivity contribution in [3.63, 3.8) is 0 Å². The van der Waals surface area contributed by atoms with Crippen molar-refractivity contribution in [2.75, 3.05) is 7.11 Å². The highest BCUT2D eigenvalue weighted by Crippen LogP contribution is 2.08. The number of methoxy groups -OCH3 is 1. The molecule has 0 heterocycles. The molecule has 0 fully saturated rings. The molecule has 0 aliphatic heterocycles. The minimum Gasteiger partial charge on any atom is -0.497 e. The van der Waals surface area contributed by atoms with Gasteiger partial charge in [-0.25, -0.2) is 0 Å². The van der Waals surface area contributed by atoms with Crippen molar-refractivity contribution in [3.05, 3.63) is 48.2 Å². The maximum absolute atomic E-state index is 11.0. The number of carbonyl (C=O) groups is 1. The first-order chi connectivity index (χ1) is 7.26. The molecule has 1 rings (SSSR count). The van der Waals surface area contributed by atoms with Gasteiger partial charge in [0.2, 0.25) is 0 Å². The van der Waals surface area contributed by atoms with Gasteiger partial charge < -0.3 is 9.47 Å². The largest absolute Gasteiger partial charge is 0.497 e. The molecule has 80 valence electrons. The lowest BCUT2D eigenvalue weighted by atomic mass is 10.1. The van der Waals surface area contributed by atoms with Crippen LogP contribution >= 0.6 is 0 Å². The van der Waals surface area contributed by atoms with Gasteiger partial charge in [0, 0.05) is 0 Å². The van der Waals surface area contributed by atoms with Crippen LogP contribution < -0.4 is 0 Å². The zero-order valence-corrected chi connectivity index (χ0v) is 8.73. The Bertz CT molecular complexity index is 344. The standard InChI is InChI=1S/C12H14O3/c1-3-15-9-11-6-4-5-10(7-11)8-12(13)14-2/h3-7H,1,8-9H2,2H3. The summed E-state index contributed by atoms with van der Waals surface area (Å²) in [5.41, 5.74) is 1.93. The Labute approximate surface area is 89.3 Å². The summed E-state index contributed by atoms with van der Waals surface area (Å²) in [6, 6.07) is 7.62. The third-order valence-corrected chi connectivity index (χ3v) is 1.94. The van der Waals surface area contributed by atoms with Crippen LogP contribution in [0.25, 0.3) is 0 Å². The molecule has 0 spiro atoms. The van der Waals surface area contributed by atoms with Crippen LogP contribution in [0.1, 0.15) is 11.1 Å². The van der Waals surface area contributed by atoms with Gasteiger partial charge in [-0.1, -0.05) is 30.8 Å². The van der Waals surface area contributed by atoms with Crippen LogP contribution in [-0.2, 0) is 27.3 Å². The van der Waals surface area contributed by atoms with Gasteiger partial charge in [0.1, 0.15) is 6.61 Å². The van der Waals surface area contributed by atoms with Crippen LogP contribution in [0.4, 0.5) is 0 Å². The summed E-state index contributed by atoms with van der Waals surface area (Å²) in [5, 5.41) is 0. The van der Waals surface area contributed by atoms with E-state index in [2.05, 4.69) is 11.3 Å². The zero-order valence-electron chi connectivity index (χ0n) is 8.73. The first kappa shape index (κ1) is 11.3. The van der Waals surface area contributed by atoms with Crippen LogP contribution in [0.15, 0.2) is 37.1 Å². The number of hydrogen-bond donors (Lipinski definition) is 0. The van der Waals surface area contributed by atoms with E-state index in [9.17, 15) is 4.79 Å². The minimum atomic E-state index is -0.239. The minimum absolute atomic E-state index is 0.239. The number of carbonyl (C=O) groups excluding carboxylic acids is 1. The maximum Gasteiger partial charge on any atom is 0.309 e. The lowest BCUT2D eigenvalue weighted by Gasteiger charge is -2.04. The summed E-state index contributed by atoms with van der Waals surface area (Å²) in [5.74, 6) is -0.239. The molecule has 0 aliphatic rings. The summed E-state index contributed by atoms with van der Waals surface area (Å²) in [6.45, 7) is 3.93. The molecular formula is C12H14O3. The number of rotatable bonds is 5. The Balaban J connectivity index is 2.65. The van der Waals surface area contributed by atoms with Gasteiger partial charge in [-0.3, -0.25) is 4.79 Å². The molecule has 0 saturated carbocycles. The molecule has 1 aromatic carbocycles. The van der Waals surface area contributed by atoms with Crippen molar-refractivity contribution in [3.8, 4) is 0 Å². The van der Waals surface area contributed by atoms with E-state index < -0.39 is 0 Å². The Morgan fingerprint density at radius 3 is 2.87 bits per heavy atom. The predicted octanol–water partition coefficient (Wildman–Crippen LogP) is 2.06. The van der Waals surface area contributed by atoms with Gasteiger partial charge in [0.25, 0.3) is 0 Å². The molecule has 15 heavy (non-hydrogen) atoms. The molecule has 0 atom stereocenters. The third kappa shape index (κ3) is 3.85. The average Bonchev–Trinajstić information content (AvgIpc) is 2.26. The topological polar surface area (TPSA) is 35.5 Å². The van der Waals surface area contributed by atoms with Crippen LogP contribution in [0.2, 0.25) is 0 Å². The molecular weight excluding hydrogens is 192 g/mol. The van der Waals surface area contributed by atoms with Crippen LogP contribution in [0, 0.1) is 0 Å². The predicted molar refractivity (Wildman–Crippen MR) is 57.1 cm³/mol. The Hall–Kier alpha value is -1.77. The van der Waals surface area contributed by atoms with Crippen molar-refractivity contribution in [2.45, 2.75) is 13.0 Å². The zero-order chi connectivity index (χ0) is 11.1. The summed E-state index contributed by atoms with van der Waals surface area (Å²) in [4.78, 5) is 11.0. The van der Waals surface area contributed by atoms with E-state index in [4.69, 9.17) is 4.74 Å². The first-order valence-corrected chi connectivity index (χ1v) is 4.63. The molecule has 0 aromatic heterocycles. The average molecular weight is 206 g/mol. The number of esters is 1. The highest BCUT2D eigenvalue weighted by atomic mass is 16.5. The Morgan fingerprint density at radius 1 is 1.47 bits per heavy atom. The van der Waals surface area contributed by atoms with Gasteiger partial charge in [-0.05, 0) is 11.1 Å². The van der Waals surface area contributed by atoms with Gasteiger partial charge in [-0.15, -0.1) is 0 Å². The van der Waals surface area contributed by atoms with Gasteiger partial charge >= 0.3 is 5.97 Å². The second kappa shape index (κ2) is 5.86. The molecule has 0 amide bonds. The monoisotopic (exact) mass is 206 g/mol. The van der Waals surface area contributed by atoms with E-state index in [-0.39, 0.29) is 5.97 Å². The maximum atomic E-state index is 11.0. The second-order valence-corrected chi connectivity index (χ2v) is 3.05. The molecule has 3 nitrogen and oxygen atoms in total. The Kier molecular flexibility index (Phi) is 4.41. The van der Waals surface area contributed by atoms with Crippen molar-refractivity contribution in [1.29, 1.82) is 0 Å². The van der Waals surface area contributed by atoms with Crippen LogP contribution in [0.3, 0.4) is 0 Å². The fourth-order valence-corrected chi connectivity index (χ4v) is 1.22. The van der Waals surface area contributed by atoms with Crippen LogP contribution in [-0.4, -0.2) is 13.1 Å². The highest BCUT2D eigenvalue weighted by Gasteiger charge is 2.03. The van der Waals surface area contributed by atoms with E-state index >= 15 is 0 Å². The molecule has 0 N–H and O–H groups in total. The smallest absolute Gasteiger partial charge is 0.309 e. The second-order valence-electron chi connectivity index (χ2n) is 3.05. The van der Waals surface area contributed by atoms with E-state index in [0.717, 1.165) is 11.1 Å². The van der Waals surface area contributed by atoms with Gasteiger partial charge in [0.05, 0.1) is 19.8 Å². The normalized spacial score (nSPS) is 9.40. The fourth-order valence-electron chi connectivity index (χ4n) is 1.22. The fraction of sp³-hybridized carbons (Fsp3) is 0.250. The molecule has 1 aromatic rings. The SMILES string of the molecule is C=COCc1cccc(CC(=O)OC)c1. The quantitative estimate of drug-likeness (QED) is 0.546. The lowest BCUT2D eigenvalue weighted by molar-refractivity contribution is -0.139. The molecule has 0 saturated heterocycles. The van der Waals surface area contributed by atoms with E-state index in [0.29, 0.717) is 13.0 Å². The van der Waals surface area contributed by atoms with E-state index in [1.807, 2.05) is 24.3 Å². The van der Waals surface area contributed by atoms with Crippen LogP contribution in [0.5, 0.6) is 0 Å². The summed E-state index contributed by atoms with van der Waals surface area (Å²) in [7, 11) is 1.38. The van der Waals surface area contributed by atoms with E-state index in [1.165, 1.54) is 13.4 Å². The van der Waals surface area contributed by atoms with Gasteiger partial charge in [0.15, 0.2) is 0 Å². The third-order valence-electron chi connectivity index (χ3n) is 1.94. The molecule has 3 heteroatoms. The van der Waals surface area contributed by atoms with E-state index in [1.54, 1.807) is 0 Å². The number of hydrogen-bond acceptors (Lipinski definition) is 3. The van der Waals surface area contributed by atoms with Crippen molar-refractivity contribution in [1.82, 2.24) is 0 Å². The number of ether oxygens (including phenoxy) is 2. The Morgan fingerprint density at radius 2 is 2.20 bits per heavy atom. The van der Waals surface area contributed by atoms with Crippen molar-refractivity contribution in [2.24, 2.45) is 0 Å². The summed E-state index contributed by atoms with van der Waals surface area (Å²) < 4.78 is 9.64. The highest BCUT2D eigenvalue weighted by molar-refractivity contribution is 5.72. The van der Waals surface area contributed by atoms with Crippen molar-refractivity contribution < 1.29 is 14.3 Å². The lowest BCUT2D eigenvalue weighted by Crippen LogP contribution is -2.04. The molecule has 0 radical (unpaired) electrons. The molecule has 0 unspecified atom stereocenters. The van der Waals surface area contributed by atoms with Crippen molar-refractivity contribution >= 4 is 5.97 Å². The first-order valence-electron chi connectivity index (χ1n) is 4.63. The summed E-state index contributed by atoms with van der Waals surface area (Å²) in [6.07, 6.45) is 1.69. The molecule has 0 aliphatic carbocycles. The summed E-state index contributed by atoms with van der Waals surface area (Å²) >= 11 is 0. The van der Waals surface area contributed by atoms with Gasteiger partial charge in [-0.2, -0.15) is 0 Å².